The van der Waals surface area contributed by atoms with Crippen molar-refractivity contribution in [1.29, 1.82) is 0 Å². The molecule has 0 aliphatic rings. The Hall–Kier alpha value is -0.666. The monoisotopic (exact) mass is 390 g/mol. The molecule has 1 N–H and O–H groups in total. The van der Waals surface area contributed by atoms with Gasteiger partial charge in [0, 0.05) is 0 Å². The minimum atomic E-state index is -2.24. The number of aliphatic hydroxyl groups is 1. The standard InChI is InChI=1S/C18H38O5Si2/c1-16(2,3)24(8,9)22-14(19)12-18(7,21)13-15(20)23-25(10,11)17(4,5)6/h21H,12-13H2,1-11H3. The Morgan fingerprint density at radius 3 is 1.16 bits per heavy atom. The second-order valence-electron chi connectivity index (χ2n) is 10.3. The third kappa shape index (κ3) is 7.62. The van der Waals surface area contributed by atoms with Crippen molar-refractivity contribution in [2.24, 2.45) is 0 Å². The molecular weight excluding hydrogens is 352 g/mol. The van der Waals surface area contributed by atoms with Gasteiger partial charge in [-0.05, 0) is 43.2 Å². The number of carbonyl (C=O) groups is 2. The normalized spacial score (nSPS) is 14.2. The Kier molecular flexibility index (Phi) is 7.32. The average molecular weight is 391 g/mol. The van der Waals surface area contributed by atoms with E-state index in [0.29, 0.717) is 0 Å². The molecule has 0 aliphatic carbocycles. The second-order valence-corrected chi connectivity index (χ2v) is 19.8. The fourth-order valence-corrected chi connectivity index (χ4v) is 3.53. The molecule has 0 aromatic rings. The van der Waals surface area contributed by atoms with Gasteiger partial charge in [0.2, 0.25) is 0 Å². The zero-order valence-electron chi connectivity index (χ0n) is 18.0. The topological polar surface area (TPSA) is 72.8 Å². The van der Waals surface area contributed by atoms with Gasteiger partial charge in [0.15, 0.2) is 0 Å². The zero-order valence-corrected chi connectivity index (χ0v) is 20.0. The van der Waals surface area contributed by atoms with Crippen molar-refractivity contribution in [3.8, 4) is 0 Å². The summed E-state index contributed by atoms with van der Waals surface area (Å²) in [6.45, 7) is 21.6. The van der Waals surface area contributed by atoms with Crippen LogP contribution in [0.25, 0.3) is 0 Å². The molecule has 0 heterocycles. The van der Waals surface area contributed by atoms with Crippen LogP contribution < -0.4 is 0 Å². The van der Waals surface area contributed by atoms with Gasteiger partial charge < -0.3 is 14.0 Å². The van der Waals surface area contributed by atoms with E-state index in [4.69, 9.17) is 8.85 Å². The lowest BCUT2D eigenvalue weighted by Gasteiger charge is -2.37. The predicted molar refractivity (Wildman–Crippen MR) is 106 cm³/mol. The van der Waals surface area contributed by atoms with Crippen LogP contribution in [0, 0.1) is 0 Å². The van der Waals surface area contributed by atoms with Crippen LogP contribution in [0.2, 0.25) is 36.3 Å². The van der Waals surface area contributed by atoms with E-state index >= 15 is 0 Å². The first-order valence-corrected chi connectivity index (χ1v) is 14.7. The quantitative estimate of drug-likeness (QED) is 0.670. The largest absolute Gasteiger partial charge is 0.519 e. The Morgan fingerprint density at radius 2 is 0.960 bits per heavy atom. The van der Waals surface area contributed by atoms with Gasteiger partial charge in [-0.3, -0.25) is 9.59 Å². The van der Waals surface area contributed by atoms with Crippen LogP contribution in [-0.2, 0) is 18.4 Å². The van der Waals surface area contributed by atoms with Crippen molar-refractivity contribution in [3.63, 3.8) is 0 Å². The lowest BCUT2D eigenvalue weighted by molar-refractivity contribution is -0.145. The molecule has 0 aromatic heterocycles. The van der Waals surface area contributed by atoms with Gasteiger partial charge in [-0.25, -0.2) is 0 Å². The molecule has 0 saturated heterocycles. The van der Waals surface area contributed by atoms with Crippen LogP contribution in [0.1, 0.15) is 61.3 Å². The summed E-state index contributed by atoms with van der Waals surface area (Å²) in [6.07, 6.45) is -0.432. The highest BCUT2D eigenvalue weighted by molar-refractivity contribution is 6.75. The van der Waals surface area contributed by atoms with Gasteiger partial charge in [0.1, 0.15) is 0 Å². The summed E-state index contributed by atoms with van der Waals surface area (Å²) in [5.41, 5.74) is -1.47. The molecule has 25 heavy (non-hydrogen) atoms. The van der Waals surface area contributed by atoms with Gasteiger partial charge in [-0.15, -0.1) is 0 Å². The van der Waals surface area contributed by atoms with E-state index in [1.54, 1.807) is 0 Å². The second kappa shape index (κ2) is 7.52. The van der Waals surface area contributed by atoms with Crippen molar-refractivity contribution in [3.05, 3.63) is 0 Å². The van der Waals surface area contributed by atoms with Crippen molar-refractivity contribution in [2.75, 3.05) is 0 Å². The van der Waals surface area contributed by atoms with Crippen molar-refractivity contribution in [2.45, 2.75) is 103 Å². The first-order valence-electron chi connectivity index (χ1n) is 8.86. The van der Waals surface area contributed by atoms with Gasteiger partial charge in [-0.2, -0.15) is 0 Å². The Morgan fingerprint density at radius 1 is 0.720 bits per heavy atom. The highest BCUT2D eigenvalue weighted by Crippen LogP contribution is 2.38. The third-order valence-corrected chi connectivity index (χ3v) is 14.1. The maximum atomic E-state index is 12.3. The third-order valence-electron chi connectivity index (χ3n) is 5.40. The van der Waals surface area contributed by atoms with Crippen LogP contribution >= 0.6 is 0 Å². The van der Waals surface area contributed by atoms with Gasteiger partial charge >= 0.3 is 0 Å². The predicted octanol–water partition coefficient (Wildman–Crippen LogP) is 4.61. The molecule has 0 saturated carbocycles. The lowest BCUT2D eigenvalue weighted by Crippen LogP contribution is -2.46. The first-order chi connectivity index (χ1) is 10.7. The molecule has 0 atom stereocenters. The van der Waals surface area contributed by atoms with E-state index in [1.165, 1.54) is 6.92 Å². The number of rotatable bonds is 6. The number of hydrogen-bond donors (Lipinski definition) is 1. The van der Waals surface area contributed by atoms with Crippen LogP contribution in [0.3, 0.4) is 0 Å². The first kappa shape index (κ1) is 24.3. The summed E-state index contributed by atoms with van der Waals surface area (Å²) >= 11 is 0. The molecule has 0 rings (SSSR count). The minimum Gasteiger partial charge on any atom is -0.519 e. The molecule has 0 spiro atoms. The van der Waals surface area contributed by atoms with E-state index < -0.39 is 34.2 Å². The van der Waals surface area contributed by atoms with E-state index in [-0.39, 0.29) is 22.9 Å². The maximum Gasteiger partial charge on any atom is 0.295 e. The molecule has 148 valence electrons. The Labute approximate surface area is 155 Å². The van der Waals surface area contributed by atoms with Gasteiger partial charge in [0.25, 0.3) is 28.6 Å². The molecule has 5 nitrogen and oxygen atoms in total. The summed E-state index contributed by atoms with van der Waals surface area (Å²) in [5, 5.41) is 10.3. The molecule has 7 heteroatoms. The molecular formula is C18H38O5Si2. The minimum absolute atomic E-state index is 0.101. The van der Waals surface area contributed by atoms with Crippen LogP contribution in [0.4, 0.5) is 0 Å². The van der Waals surface area contributed by atoms with Crippen LogP contribution in [-0.4, -0.2) is 39.3 Å². The fourth-order valence-electron chi connectivity index (χ4n) is 1.63. The van der Waals surface area contributed by atoms with E-state index in [0.717, 1.165) is 0 Å². The molecule has 0 unspecified atom stereocenters. The van der Waals surface area contributed by atoms with Crippen LogP contribution in [0.15, 0.2) is 0 Å². The lowest BCUT2D eigenvalue weighted by atomic mass is 9.99. The van der Waals surface area contributed by atoms with E-state index in [9.17, 15) is 14.7 Å². The maximum absolute atomic E-state index is 12.3. The number of hydrogen-bond acceptors (Lipinski definition) is 5. The summed E-state index contributed by atoms with van der Waals surface area (Å²) < 4.78 is 11.3. The summed E-state index contributed by atoms with van der Waals surface area (Å²) in [7, 11) is -4.48. The summed E-state index contributed by atoms with van der Waals surface area (Å²) in [4.78, 5) is 24.5. The smallest absolute Gasteiger partial charge is 0.295 e. The van der Waals surface area contributed by atoms with Crippen molar-refractivity contribution >= 4 is 28.6 Å². The fraction of sp³-hybridized carbons (Fsp3) is 0.889. The summed E-state index contributed by atoms with van der Waals surface area (Å²) in [5.74, 6) is -0.923. The summed E-state index contributed by atoms with van der Waals surface area (Å²) in [6, 6.07) is 0. The molecule has 0 radical (unpaired) electrons. The van der Waals surface area contributed by atoms with Gasteiger partial charge in [-0.1, -0.05) is 41.5 Å². The van der Waals surface area contributed by atoms with E-state index in [1.807, 2.05) is 67.7 Å². The Balaban J connectivity index is 4.84. The SMILES string of the molecule is CC(O)(CC(=O)O[Si](C)(C)C(C)(C)C)CC(=O)O[Si](C)(C)C(C)(C)C. The molecule has 0 amide bonds. The van der Waals surface area contributed by atoms with Crippen molar-refractivity contribution in [1.82, 2.24) is 0 Å². The highest BCUT2D eigenvalue weighted by Gasteiger charge is 2.43. The number of carbonyl (C=O) groups excluding carboxylic acids is 2. The Bertz CT molecular complexity index is 453. The zero-order chi connectivity index (χ0) is 20.5. The van der Waals surface area contributed by atoms with Crippen LogP contribution in [0.5, 0.6) is 0 Å². The highest BCUT2D eigenvalue weighted by atomic mass is 28.4. The van der Waals surface area contributed by atoms with Crippen molar-refractivity contribution < 1.29 is 23.5 Å². The molecule has 0 aliphatic heterocycles. The molecule has 0 aromatic carbocycles. The average Bonchev–Trinajstić information content (AvgIpc) is 2.20. The van der Waals surface area contributed by atoms with Gasteiger partial charge in [0.05, 0.1) is 18.4 Å². The molecule has 0 bridgehead atoms. The van der Waals surface area contributed by atoms with E-state index in [2.05, 4.69) is 0 Å². The molecule has 0 fully saturated rings.